The number of rotatable bonds is 6. The molecule has 0 atom stereocenters. The first-order valence-corrected chi connectivity index (χ1v) is 9.83. The van der Waals surface area contributed by atoms with Gasteiger partial charge in [0.15, 0.2) is 11.6 Å². The second-order valence-electron chi connectivity index (χ2n) is 5.25. The maximum atomic E-state index is 11.9. The van der Waals surface area contributed by atoms with E-state index in [4.69, 9.17) is 0 Å². The van der Waals surface area contributed by atoms with Gasteiger partial charge in [0.2, 0.25) is 0 Å². The van der Waals surface area contributed by atoms with Gasteiger partial charge >= 0.3 is 0 Å². The summed E-state index contributed by atoms with van der Waals surface area (Å²) in [5.74, 6) is 1.43. The monoisotopic (exact) mass is 362 g/mol. The van der Waals surface area contributed by atoms with Gasteiger partial charge in [-0.25, -0.2) is 0 Å². The summed E-state index contributed by atoms with van der Waals surface area (Å²) in [5.41, 5.74) is 2.75. The lowest BCUT2D eigenvalue weighted by molar-refractivity contribution is -0.112. The molecule has 0 amide bonds. The fourth-order valence-electron chi connectivity index (χ4n) is 1.88. The van der Waals surface area contributed by atoms with Crippen LogP contribution < -0.4 is 0 Å². The van der Waals surface area contributed by atoms with Crippen LogP contribution >= 0.6 is 35.3 Å². The van der Waals surface area contributed by atoms with Gasteiger partial charge in [-0.15, -0.1) is 23.5 Å². The van der Waals surface area contributed by atoms with Crippen LogP contribution in [0.3, 0.4) is 0 Å². The van der Waals surface area contributed by atoms with Crippen LogP contribution in [0, 0.1) is 0 Å². The molecule has 0 fully saturated rings. The molecule has 0 unspecified atom stereocenters. The Morgan fingerprint density at radius 1 is 0.870 bits per heavy atom. The maximum absolute atomic E-state index is 11.9. The fourth-order valence-corrected chi connectivity index (χ4v) is 5.26. The molecule has 2 nitrogen and oxygen atoms in total. The van der Waals surface area contributed by atoms with Crippen molar-refractivity contribution in [2.24, 2.45) is 0 Å². The highest BCUT2D eigenvalue weighted by molar-refractivity contribution is 8.31. The lowest BCUT2D eigenvalue weighted by Gasteiger charge is -2.16. The molecular formula is C18H18O2S3. The predicted molar refractivity (Wildman–Crippen MR) is 104 cm³/mol. The highest BCUT2D eigenvalue weighted by atomic mass is 32.2. The molecular weight excluding hydrogens is 344 g/mol. The number of thioether (sulfide) groups is 3. The van der Waals surface area contributed by atoms with Crippen molar-refractivity contribution in [2.75, 3.05) is 11.5 Å². The SMILES string of the molecule is C=C(C)C(=O)C1=CC=C(SC2=CC=C(C(=O)C(=C)C)CS2)SC1. The van der Waals surface area contributed by atoms with Crippen LogP contribution in [-0.4, -0.2) is 23.1 Å². The molecule has 0 bridgehead atoms. The third-order valence-electron chi connectivity index (χ3n) is 3.14. The number of carbonyl (C=O) groups is 2. The largest absolute Gasteiger partial charge is 0.289 e. The van der Waals surface area contributed by atoms with Crippen LogP contribution in [0.1, 0.15) is 13.8 Å². The summed E-state index contributed by atoms with van der Waals surface area (Å²) >= 11 is 5.00. The molecule has 0 aromatic heterocycles. The molecule has 5 heteroatoms. The zero-order chi connectivity index (χ0) is 17.0. The lowest BCUT2D eigenvalue weighted by Crippen LogP contribution is -2.08. The second-order valence-corrected chi connectivity index (χ2v) is 8.89. The van der Waals surface area contributed by atoms with Crippen LogP contribution in [-0.2, 0) is 9.59 Å². The minimum Gasteiger partial charge on any atom is -0.289 e. The van der Waals surface area contributed by atoms with E-state index in [2.05, 4.69) is 13.2 Å². The molecule has 2 rings (SSSR count). The molecule has 0 saturated carbocycles. The van der Waals surface area contributed by atoms with Gasteiger partial charge in [0, 0.05) is 31.1 Å². The minimum absolute atomic E-state index is 0.0370. The van der Waals surface area contributed by atoms with Crippen molar-refractivity contribution >= 4 is 46.9 Å². The molecule has 0 aromatic carbocycles. The molecule has 0 aliphatic carbocycles. The molecule has 120 valence electrons. The summed E-state index contributed by atoms with van der Waals surface area (Å²) in [6.07, 6.45) is 7.73. The second kappa shape index (κ2) is 8.08. The summed E-state index contributed by atoms with van der Waals surface area (Å²) in [5, 5.41) is 0. The number of ketones is 2. The van der Waals surface area contributed by atoms with Crippen molar-refractivity contribution in [3.05, 3.63) is 68.2 Å². The number of hydrogen-bond acceptors (Lipinski definition) is 5. The van der Waals surface area contributed by atoms with Gasteiger partial charge in [-0.2, -0.15) is 0 Å². The average Bonchev–Trinajstić information content (AvgIpc) is 2.54. The summed E-state index contributed by atoms with van der Waals surface area (Å²) in [6.45, 7) is 10.9. The fraction of sp³-hybridized carbons (Fsp3) is 0.222. The number of carbonyl (C=O) groups excluding carboxylic acids is 2. The van der Waals surface area contributed by atoms with Gasteiger partial charge in [0.05, 0.1) is 0 Å². The van der Waals surface area contributed by atoms with Crippen molar-refractivity contribution in [3.63, 3.8) is 0 Å². The first-order valence-electron chi connectivity index (χ1n) is 7.04. The lowest BCUT2D eigenvalue weighted by atomic mass is 10.1. The number of Topliss-reactive ketones (excluding diaryl/α,β-unsaturated/α-hetero) is 2. The Morgan fingerprint density at radius 3 is 1.52 bits per heavy atom. The molecule has 2 aliphatic heterocycles. The van der Waals surface area contributed by atoms with Crippen LogP contribution in [0.25, 0.3) is 0 Å². The van der Waals surface area contributed by atoms with Gasteiger partial charge < -0.3 is 0 Å². The molecule has 2 heterocycles. The Hall–Kier alpha value is -1.17. The maximum Gasteiger partial charge on any atom is 0.184 e. The smallest absolute Gasteiger partial charge is 0.184 e. The van der Waals surface area contributed by atoms with E-state index in [0.717, 1.165) is 19.6 Å². The van der Waals surface area contributed by atoms with E-state index in [1.165, 1.54) is 0 Å². The third kappa shape index (κ3) is 4.90. The van der Waals surface area contributed by atoms with Gasteiger partial charge in [-0.05, 0) is 37.1 Å². The molecule has 23 heavy (non-hydrogen) atoms. The summed E-state index contributed by atoms with van der Waals surface area (Å²) in [7, 11) is 0. The van der Waals surface area contributed by atoms with Crippen LogP contribution in [0.5, 0.6) is 0 Å². The van der Waals surface area contributed by atoms with E-state index in [1.54, 1.807) is 49.1 Å². The zero-order valence-corrected chi connectivity index (χ0v) is 15.6. The molecule has 0 N–H and O–H groups in total. The molecule has 0 radical (unpaired) electrons. The Labute approximate surface area is 149 Å². The normalized spacial score (nSPS) is 17.5. The quantitative estimate of drug-likeness (QED) is 0.618. The van der Waals surface area contributed by atoms with E-state index in [1.807, 2.05) is 24.3 Å². The van der Waals surface area contributed by atoms with E-state index >= 15 is 0 Å². The van der Waals surface area contributed by atoms with Crippen LogP contribution in [0.4, 0.5) is 0 Å². The van der Waals surface area contributed by atoms with E-state index < -0.39 is 0 Å². The minimum atomic E-state index is 0.0370. The highest BCUT2D eigenvalue weighted by Crippen LogP contribution is 2.44. The molecule has 0 saturated heterocycles. The van der Waals surface area contributed by atoms with E-state index in [0.29, 0.717) is 22.7 Å². The number of allylic oxidation sites excluding steroid dienone is 6. The Bertz CT molecular complexity index is 646. The third-order valence-corrected chi connectivity index (χ3v) is 6.77. The standard InChI is InChI=1S/C18H18O2S3/c1-11(2)17(19)13-5-7-15(21-9-13)23-16-8-6-14(10-22-16)18(20)12(3)4/h5-8H,1,3,9-10H2,2,4H3. The van der Waals surface area contributed by atoms with Crippen molar-refractivity contribution in [3.8, 4) is 0 Å². The molecule has 0 spiro atoms. The van der Waals surface area contributed by atoms with E-state index in [9.17, 15) is 9.59 Å². The molecule has 0 aromatic rings. The first-order chi connectivity index (χ1) is 10.9. The van der Waals surface area contributed by atoms with Gasteiger partial charge in [-0.3, -0.25) is 9.59 Å². The van der Waals surface area contributed by atoms with Crippen molar-refractivity contribution in [1.29, 1.82) is 0 Å². The summed E-state index contributed by atoms with van der Waals surface area (Å²) < 4.78 is 2.31. The predicted octanol–water partition coefficient (Wildman–Crippen LogP) is 5.04. The van der Waals surface area contributed by atoms with Gasteiger partial charge in [-0.1, -0.05) is 37.1 Å². The number of hydrogen-bond donors (Lipinski definition) is 0. The van der Waals surface area contributed by atoms with Crippen molar-refractivity contribution in [1.82, 2.24) is 0 Å². The van der Waals surface area contributed by atoms with Crippen LogP contribution in [0.15, 0.2) is 68.2 Å². The van der Waals surface area contributed by atoms with Crippen molar-refractivity contribution in [2.45, 2.75) is 13.8 Å². The topological polar surface area (TPSA) is 34.1 Å². The van der Waals surface area contributed by atoms with Gasteiger partial charge in [0.25, 0.3) is 0 Å². The van der Waals surface area contributed by atoms with Gasteiger partial charge in [0.1, 0.15) is 0 Å². The first kappa shape index (κ1) is 18.2. The van der Waals surface area contributed by atoms with E-state index in [-0.39, 0.29) is 11.6 Å². The van der Waals surface area contributed by atoms with Crippen LogP contribution in [0.2, 0.25) is 0 Å². The summed E-state index contributed by atoms with van der Waals surface area (Å²) in [4.78, 5) is 23.7. The van der Waals surface area contributed by atoms with Crippen molar-refractivity contribution < 1.29 is 9.59 Å². The Balaban J connectivity index is 2.02. The average molecular weight is 363 g/mol. The molecule has 2 aliphatic rings. The summed E-state index contributed by atoms with van der Waals surface area (Å²) in [6, 6.07) is 0. The zero-order valence-electron chi connectivity index (χ0n) is 13.2. The Morgan fingerprint density at radius 2 is 1.26 bits per heavy atom. The highest BCUT2D eigenvalue weighted by Gasteiger charge is 2.18. The Kier molecular flexibility index (Phi) is 6.39.